The molecule has 0 saturated heterocycles. The minimum Gasteiger partial charge on any atom is -0.494 e. The highest BCUT2D eigenvalue weighted by atomic mass is 16.5. The van der Waals surface area contributed by atoms with E-state index < -0.39 is 0 Å². The number of hydrogen-bond acceptors (Lipinski definition) is 2. The van der Waals surface area contributed by atoms with Crippen LogP contribution in [0, 0.1) is 0 Å². The Hall–Kier alpha value is -1.02. The van der Waals surface area contributed by atoms with Crippen molar-refractivity contribution in [3.63, 3.8) is 0 Å². The zero-order chi connectivity index (χ0) is 12.7. The second-order valence-corrected chi connectivity index (χ2v) is 4.62. The Balaban J connectivity index is 2.63. The maximum atomic E-state index is 5.65. The maximum Gasteiger partial charge on any atom is 0.119 e. The van der Waals surface area contributed by atoms with Crippen molar-refractivity contribution < 1.29 is 4.74 Å². The van der Waals surface area contributed by atoms with Crippen LogP contribution in [0.4, 0.5) is 0 Å². The van der Waals surface area contributed by atoms with Gasteiger partial charge in [-0.25, -0.2) is 0 Å². The Kier molecular flexibility index (Phi) is 6.06. The minimum absolute atomic E-state index is 0.370. The van der Waals surface area contributed by atoms with Crippen LogP contribution in [0.5, 0.6) is 5.75 Å². The van der Waals surface area contributed by atoms with E-state index in [-0.39, 0.29) is 0 Å². The van der Waals surface area contributed by atoms with Crippen molar-refractivity contribution in [2.45, 2.75) is 52.6 Å². The van der Waals surface area contributed by atoms with E-state index in [1.807, 2.05) is 6.07 Å². The van der Waals surface area contributed by atoms with Gasteiger partial charge >= 0.3 is 0 Å². The lowest BCUT2D eigenvalue weighted by atomic mass is 10.1. The second-order valence-electron chi connectivity index (χ2n) is 4.62. The third-order valence-electron chi connectivity index (χ3n) is 2.98. The molecule has 0 unspecified atom stereocenters. The van der Waals surface area contributed by atoms with Gasteiger partial charge in [0.15, 0.2) is 0 Å². The van der Waals surface area contributed by atoms with E-state index in [9.17, 15) is 0 Å². The van der Waals surface area contributed by atoms with E-state index in [2.05, 4.69) is 51.2 Å². The topological polar surface area (TPSA) is 21.3 Å². The zero-order valence-corrected chi connectivity index (χ0v) is 11.5. The maximum absolute atomic E-state index is 5.65. The first kappa shape index (κ1) is 14.0. The van der Waals surface area contributed by atoms with Crippen LogP contribution in [0.2, 0.25) is 0 Å². The molecule has 1 aromatic rings. The van der Waals surface area contributed by atoms with Crippen LogP contribution in [0.15, 0.2) is 24.3 Å². The van der Waals surface area contributed by atoms with Gasteiger partial charge in [-0.1, -0.05) is 26.0 Å². The van der Waals surface area contributed by atoms with Gasteiger partial charge in [-0.15, -0.1) is 0 Å². The molecule has 2 atom stereocenters. The lowest BCUT2D eigenvalue weighted by Crippen LogP contribution is -2.28. The van der Waals surface area contributed by atoms with Gasteiger partial charge in [-0.2, -0.15) is 0 Å². The van der Waals surface area contributed by atoms with Crippen LogP contribution < -0.4 is 10.1 Å². The SMILES string of the molecule is CCCOc1cccc([C@H](C)N[C@@H](C)CC)c1. The molecule has 0 aromatic heterocycles. The number of ether oxygens (including phenoxy) is 1. The van der Waals surface area contributed by atoms with Crippen LogP contribution in [0.1, 0.15) is 52.1 Å². The fourth-order valence-electron chi connectivity index (χ4n) is 1.73. The molecule has 17 heavy (non-hydrogen) atoms. The van der Waals surface area contributed by atoms with Crippen molar-refractivity contribution in [3.05, 3.63) is 29.8 Å². The number of nitrogens with one attached hydrogen (secondary N) is 1. The second kappa shape index (κ2) is 7.33. The third-order valence-corrected chi connectivity index (χ3v) is 2.98. The summed E-state index contributed by atoms with van der Waals surface area (Å²) in [7, 11) is 0. The van der Waals surface area contributed by atoms with Gasteiger partial charge in [-0.3, -0.25) is 0 Å². The first-order valence-electron chi connectivity index (χ1n) is 6.66. The van der Waals surface area contributed by atoms with E-state index in [1.165, 1.54) is 5.56 Å². The molecular formula is C15H25NO. The van der Waals surface area contributed by atoms with Crippen molar-refractivity contribution in [1.29, 1.82) is 0 Å². The molecule has 1 N–H and O–H groups in total. The average Bonchev–Trinajstić information content (AvgIpc) is 2.36. The van der Waals surface area contributed by atoms with Gasteiger partial charge in [0.25, 0.3) is 0 Å². The molecule has 2 heteroatoms. The molecule has 0 spiro atoms. The molecule has 1 rings (SSSR count). The molecule has 0 aliphatic carbocycles. The fourth-order valence-corrected chi connectivity index (χ4v) is 1.73. The van der Waals surface area contributed by atoms with Crippen LogP contribution in [-0.2, 0) is 0 Å². The summed E-state index contributed by atoms with van der Waals surface area (Å²) in [6.45, 7) is 9.53. The highest BCUT2D eigenvalue weighted by Crippen LogP contribution is 2.19. The molecule has 96 valence electrons. The molecule has 0 aliphatic heterocycles. The van der Waals surface area contributed by atoms with Crippen molar-refractivity contribution in [2.24, 2.45) is 0 Å². The molecule has 1 aromatic carbocycles. The van der Waals surface area contributed by atoms with Gasteiger partial charge in [0, 0.05) is 12.1 Å². The summed E-state index contributed by atoms with van der Waals surface area (Å²) < 4.78 is 5.65. The van der Waals surface area contributed by atoms with Crippen molar-refractivity contribution in [1.82, 2.24) is 5.32 Å². The van der Waals surface area contributed by atoms with Crippen LogP contribution in [0.3, 0.4) is 0 Å². The summed E-state index contributed by atoms with van der Waals surface area (Å²) >= 11 is 0. The molecule has 0 radical (unpaired) electrons. The van der Waals surface area contributed by atoms with Gasteiger partial charge in [0.05, 0.1) is 6.61 Å². The zero-order valence-electron chi connectivity index (χ0n) is 11.5. The molecule has 0 aliphatic rings. The van der Waals surface area contributed by atoms with Crippen LogP contribution in [-0.4, -0.2) is 12.6 Å². The van der Waals surface area contributed by atoms with E-state index >= 15 is 0 Å². The Bertz CT molecular complexity index is 324. The highest BCUT2D eigenvalue weighted by molar-refractivity contribution is 5.30. The molecule has 0 saturated carbocycles. The van der Waals surface area contributed by atoms with Gasteiger partial charge in [0.1, 0.15) is 5.75 Å². The Morgan fingerprint density at radius 1 is 1.24 bits per heavy atom. The average molecular weight is 235 g/mol. The van der Waals surface area contributed by atoms with E-state index in [1.54, 1.807) is 0 Å². The first-order chi connectivity index (χ1) is 8.17. The molecule has 0 amide bonds. The van der Waals surface area contributed by atoms with E-state index in [0.717, 1.165) is 25.2 Å². The van der Waals surface area contributed by atoms with Crippen molar-refractivity contribution in [3.8, 4) is 5.75 Å². The van der Waals surface area contributed by atoms with Gasteiger partial charge in [0.2, 0.25) is 0 Å². The summed E-state index contributed by atoms with van der Waals surface area (Å²) in [5.41, 5.74) is 1.29. The third kappa shape index (κ3) is 4.78. The molecule has 0 fully saturated rings. The highest BCUT2D eigenvalue weighted by Gasteiger charge is 2.08. The van der Waals surface area contributed by atoms with Crippen LogP contribution in [0.25, 0.3) is 0 Å². The van der Waals surface area contributed by atoms with Crippen molar-refractivity contribution in [2.75, 3.05) is 6.61 Å². The normalized spacial score (nSPS) is 14.4. The Morgan fingerprint density at radius 2 is 2.00 bits per heavy atom. The molecule has 0 heterocycles. The van der Waals surface area contributed by atoms with Crippen LogP contribution >= 0.6 is 0 Å². The number of benzene rings is 1. The quantitative estimate of drug-likeness (QED) is 0.773. The largest absolute Gasteiger partial charge is 0.494 e. The predicted molar refractivity (Wildman–Crippen MR) is 73.5 cm³/mol. The number of hydrogen-bond donors (Lipinski definition) is 1. The minimum atomic E-state index is 0.370. The Morgan fingerprint density at radius 3 is 2.65 bits per heavy atom. The van der Waals surface area contributed by atoms with Gasteiger partial charge in [-0.05, 0) is 44.4 Å². The van der Waals surface area contributed by atoms with E-state index in [0.29, 0.717) is 12.1 Å². The summed E-state index contributed by atoms with van der Waals surface area (Å²) in [5.74, 6) is 0.974. The lowest BCUT2D eigenvalue weighted by Gasteiger charge is -2.19. The van der Waals surface area contributed by atoms with Gasteiger partial charge < -0.3 is 10.1 Å². The Labute approximate surface area is 105 Å². The van der Waals surface area contributed by atoms with Crippen molar-refractivity contribution >= 4 is 0 Å². The van der Waals surface area contributed by atoms with E-state index in [4.69, 9.17) is 4.74 Å². The fraction of sp³-hybridized carbons (Fsp3) is 0.600. The monoisotopic (exact) mass is 235 g/mol. The first-order valence-corrected chi connectivity index (χ1v) is 6.66. The summed E-state index contributed by atoms with van der Waals surface area (Å²) in [5, 5.41) is 3.57. The smallest absolute Gasteiger partial charge is 0.119 e. The summed E-state index contributed by atoms with van der Waals surface area (Å²) in [4.78, 5) is 0. The molecular weight excluding hydrogens is 210 g/mol. The molecule has 0 bridgehead atoms. The summed E-state index contributed by atoms with van der Waals surface area (Å²) in [6, 6.07) is 9.29. The predicted octanol–water partition coefficient (Wildman–Crippen LogP) is 3.92. The number of rotatable bonds is 7. The molecule has 2 nitrogen and oxygen atoms in total. The summed E-state index contributed by atoms with van der Waals surface area (Å²) in [6.07, 6.45) is 2.20. The standard InChI is InChI=1S/C15H25NO/c1-5-10-17-15-9-7-8-14(11-15)13(4)16-12(3)6-2/h7-9,11-13,16H,5-6,10H2,1-4H3/t12-,13-/m0/s1. The lowest BCUT2D eigenvalue weighted by molar-refractivity contribution is 0.316.